The van der Waals surface area contributed by atoms with Crippen molar-refractivity contribution < 1.29 is 9.90 Å². The van der Waals surface area contributed by atoms with Gasteiger partial charge in [0.25, 0.3) is 5.91 Å². The highest BCUT2D eigenvalue weighted by Gasteiger charge is 2.26. The van der Waals surface area contributed by atoms with Crippen molar-refractivity contribution in [2.75, 3.05) is 7.05 Å². The molecule has 0 aromatic heterocycles. The van der Waals surface area contributed by atoms with Gasteiger partial charge < -0.3 is 10.4 Å². The molecule has 0 rings (SSSR count). The number of rotatable bonds is 3. The first-order chi connectivity index (χ1) is 4.54. The number of carbonyl (C=O) groups is 1. The van der Waals surface area contributed by atoms with Crippen LogP contribution in [0.1, 0.15) is 13.3 Å². The lowest BCUT2D eigenvalue weighted by Crippen LogP contribution is -2.42. The molecular formula is C7H13NO2. The van der Waals surface area contributed by atoms with E-state index < -0.39 is 5.60 Å². The second-order valence-electron chi connectivity index (χ2n) is 2.35. The van der Waals surface area contributed by atoms with Gasteiger partial charge in [0.2, 0.25) is 0 Å². The van der Waals surface area contributed by atoms with Gasteiger partial charge in [0.05, 0.1) is 0 Å². The van der Waals surface area contributed by atoms with Crippen molar-refractivity contribution in [3.8, 4) is 0 Å². The lowest BCUT2D eigenvalue weighted by Gasteiger charge is -2.18. The summed E-state index contributed by atoms with van der Waals surface area (Å²) >= 11 is 0. The average molecular weight is 143 g/mol. The van der Waals surface area contributed by atoms with E-state index in [1.54, 1.807) is 0 Å². The van der Waals surface area contributed by atoms with Crippen molar-refractivity contribution in [2.24, 2.45) is 0 Å². The number of nitrogens with one attached hydrogen (secondary N) is 1. The summed E-state index contributed by atoms with van der Waals surface area (Å²) in [5.41, 5.74) is -1.31. The lowest BCUT2D eigenvalue weighted by atomic mass is 10.0. The maximum Gasteiger partial charge on any atom is 0.251 e. The van der Waals surface area contributed by atoms with Crippen molar-refractivity contribution in [2.45, 2.75) is 18.9 Å². The van der Waals surface area contributed by atoms with Crippen molar-refractivity contribution in [1.29, 1.82) is 0 Å². The van der Waals surface area contributed by atoms with Crippen LogP contribution in [0.2, 0.25) is 0 Å². The Morgan fingerprint density at radius 3 is 2.70 bits per heavy atom. The van der Waals surface area contributed by atoms with Crippen LogP contribution in [-0.2, 0) is 4.79 Å². The monoisotopic (exact) mass is 143 g/mol. The molecule has 0 aliphatic heterocycles. The molecule has 0 aromatic carbocycles. The number of hydrogen-bond donors (Lipinski definition) is 2. The van der Waals surface area contributed by atoms with Gasteiger partial charge in [-0.05, 0) is 6.92 Å². The van der Waals surface area contributed by atoms with Crippen molar-refractivity contribution in [3.05, 3.63) is 12.7 Å². The van der Waals surface area contributed by atoms with E-state index in [1.807, 2.05) is 0 Å². The minimum Gasteiger partial charge on any atom is -0.380 e. The van der Waals surface area contributed by atoms with Crippen LogP contribution in [-0.4, -0.2) is 23.7 Å². The van der Waals surface area contributed by atoms with Crippen LogP contribution in [0, 0.1) is 0 Å². The fourth-order valence-electron chi connectivity index (χ4n) is 0.643. The molecule has 0 aromatic rings. The van der Waals surface area contributed by atoms with Crippen LogP contribution < -0.4 is 5.32 Å². The van der Waals surface area contributed by atoms with Crippen LogP contribution >= 0.6 is 0 Å². The zero-order valence-electron chi connectivity index (χ0n) is 6.35. The first kappa shape index (κ1) is 9.17. The maximum absolute atomic E-state index is 10.8. The summed E-state index contributed by atoms with van der Waals surface area (Å²) in [6.45, 7) is 4.87. The fraction of sp³-hybridized carbons (Fsp3) is 0.571. The molecule has 0 saturated carbocycles. The zero-order chi connectivity index (χ0) is 8.20. The van der Waals surface area contributed by atoms with Gasteiger partial charge in [-0.1, -0.05) is 6.08 Å². The van der Waals surface area contributed by atoms with Crippen LogP contribution in [0.4, 0.5) is 0 Å². The predicted molar refractivity (Wildman–Crippen MR) is 39.5 cm³/mol. The Kier molecular flexibility index (Phi) is 3.09. The van der Waals surface area contributed by atoms with Gasteiger partial charge >= 0.3 is 0 Å². The van der Waals surface area contributed by atoms with Gasteiger partial charge in [-0.3, -0.25) is 4.79 Å². The Morgan fingerprint density at radius 1 is 1.90 bits per heavy atom. The van der Waals surface area contributed by atoms with Crippen molar-refractivity contribution in [3.63, 3.8) is 0 Å². The maximum atomic E-state index is 10.8. The first-order valence-electron chi connectivity index (χ1n) is 3.10. The molecule has 0 fully saturated rings. The topological polar surface area (TPSA) is 49.3 Å². The molecule has 1 amide bonds. The van der Waals surface area contributed by atoms with E-state index in [1.165, 1.54) is 20.0 Å². The third-order valence-electron chi connectivity index (χ3n) is 1.26. The van der Waals surface area contributed by atoms with E-state index in [0.717, 1.165) is 0 Å². The fourth-order valence-corrected chi connectivity index (χ4v) is 0.643. The Balaban J connectivity index is 4.08. The smallest absolute Gasteiger partial charge is 0.251 e. The summed E-state index contributed by atoms with van der Waals surface area (Å²) in [6, 6.07) is 0. The molecule has 0 radical (unpaired) electrons. The molecule has 10 heavy (non-hydrogen) atoms. The number of likely N-dealkylation sites (N-methyl/N-ethyl adjacent to an activating group) is 1. The second kappa shape index (κ2) is 3.37. The van der Waals surface area contributed by atoms with Crippen molar-refractivity contribution >= 4 is 5.91 Å². The van der Waals surface area contributed by atoms with E-state index in [0.29, 0.717) is 0 Å². The summed E-state index contributed by atoms with van der Waals surface area (Å²) < 4.78 is 0. The normalized spacial score (nSPS) is 15.5. The molecule has 0 unspecified atom stereocenters. The minimum absolute atomic E-state index is 0.271. The zero-order valence-corrected chi connectivity index (χ0v) is 6.35. The Labute approximate surface area is 60.7 Å². The molecule has 3 heteroatoms. The largest absolute Gasteiger partial charge is 0.380 e. The molecule has 0 heterocycles. The molecule has 1 atom stereocenters. The molecule has 2 N–H and O–H groups in total. The predicted octanol–water partition coefficient (Wildman–Crippen LogP) is 0.0595. The van der Waals surface area contributed by atoms with Gasteiger partial charge in [-0.25, -0.2) is 0 Å². The molecule has 3 nitrogen and oxygen atoms in total. The Morgan fingerprint density at radius 2 is 2.40 bits per heavy atom. The molecule has 0 spiro atoms. The summed E-state index contributed by atoms with van der Waals surface area (Å²) in [5.74, 6) is -0.382. The summed E-state index contributed by atoms with van der Waals surface area (Å²) in [6.07, 6.45) is 1.78. The van der Waals surface area contributed by atoms with Crippen LogP contribution in [0.25, 0.3) is 0 Å². The van der Waals surface area contributed by atoms with E-state index in [-0.39, 0.29) is 12.3 Å². The van der Waals surface area contributed by atoms with Gasteiger partial charge in [0, 0.05) is 13.5 Å². The van der Waals surface area contributed by atoms with Crippen molar-refractivity contribution in [1.82, 2.24) is 5.32 Å². The highest BCUT2D eigenvalue weighted by atomic mass is 16.3. The quantitative estimate of drug-likeness (QED) is 0.549. The summed E-state index contributed by atoms with van der Waals surface area (Å²) in [4.78, 5) is 10.8. The summed E-state index contributed by atoms with van der Waals surface area (Å²) in [7, 11) is 1.49. The Bertz CT molecular complexity index is 141. The SMILES string of the molecule is C=CC[C@@](C)(O)C(=O)NC. The second-order valence-corrected chi connectivity index (χ2v) is 2.35. The molecular weight excluding hydrogens is 130 g/mol. The van der Waals surface area contributed by atoms with Gasteiger partial charge in [0.15, 0.2) is 0 Å². The Hall–Kier alpha value is -0.830. The molecule has 0 bridgehead atoms. The first-order valence-corrected chi connectivity index (χ1v) is 3.10. The van der Waals surface area contributed by atoms with E-state index in [2.05, 4.69) is 11.9 Å². The van der Waals surface area contributed by atoms with E-state index in [4.69, 9.17) is 0 Å². The highest BCUT2D eigenvalue weighted by molar-refractivity contribution is 5.84. The van der Waals surface area contributed by atoms with Crippen LogP contribution in [0.5, 0.6) is 0 Å². The molecule has 0 aliphatic carbocycles. The van der Waals surface area contributed by atoms with Crippen LogP contribution in [0.15, 0.2) is 12.7 Å². The third-order valence-corrected chi connectivity index (χ3v) is 1.26. The molecule has 58 valence electrons. The average Bonchev–Trinajstić information content (AvgIpc) is 1.86. The van der Waals surface area contributed by atoms with Gasteiger partial charge in [-0.2, -0.15) is 0 Å². The highest BCUT2D eigenvalue weighted by Crippen LogP contribution is 2.08. The number of carbonyl (C=O) groups excluding carboxylic acids is 1. The van der Waals surface area contributed by atoms with Crippen LogP contribution in [0.3, 0.4) is 0 Å². The number of amides is 1. The number of aliphatic hydroxyl groups is 1. The summed E-state index contributed by atoms with van der Waals surface area (Å²) in [5, 5.41) is 11.7. The lowest BCUT2D eigenvalue weighted by molar-refractivity contribution is -0.137. The van der Waals surface area contributed by atoms with E-state index >= 15 is 0 Å². The van der Waals surface area contributed by atoms with Gasteiger partial charge in [0.1, 0.15) is 5.60 Å². The van der Waals surface area contributed by atoms with E-state index in [9.17, 15) is 9.90 Å². The number of hydrogen-bond acceptors (Lipinski definition) is 2. The molecule has 0 aliphatic rings. The standard InChI is InChI=1S/C7H13NO2/c1-4-5-7(2,10)6(9)8-3/h4,10H,1,5H2,2-3H3,(H,8,9)/t7-/m1/s1. The minimum atomic E-state index is -1.31. The third kappa shape index (κ3) is 2.19. The molecule has 0 saturated heterocycles. The van der Waals surface area contributed by atoms with Gasteiger partial charge in [-0.15, -0.1) is 6.58 Å².